The molecule has 0 aromatic carbocycles. The Labute approximate surface area is 124 Å². The molecule has 2 aromatic heterocycles. The number of pyridine rings is 1. The molecule has 0 amide bonds. The summed E-state index contributed by atoms with van der Waals surface area (Å²) < 4.78 is 5.01. The van der Waals surface area contributed by atoms with E-state index in [0.717, 1.165) is 40.0 Å². The molecule has 2 rings (SSSR count). The highest BCUT2D eigenvalue weighted by molar-refractivity contribution is 9.10. The second-order valence-electron chi connectivity index (χ2n) is 4.23. The summed E-state index contributed by atoms with van der Waals surface area (Å²) in [6, 6.07) is 3.98. The lowest BCUT2D eigenvalue weighted by Crippen LogP contribution is -2.30. The zero-order chi connectivity index (χ0) is 13.7. The third-order valence-electron chi connectivity index (χ3n) is 2.79. The summed E-state index contributed by atoms with van der Waals surface area (Å²) in [5.41, 5.74) is 4.87. The maximum absolute atomic E-state index is 5.67. The average Bonchev–Trinajstić information content (AvgIpc) is 2.87. The van der Waals surface area contributed by atoms with Crippen LogP contribution < -0.4 is 11.3 Å². The minimum absolute atomic E-state index is 0.00947. The minimum Gasteiger partial charge on any atom is -0.271 e. The fourth-order valence-corrected chi connectivity index (χ4v) is 2.84. The number of nitrogens with zero attached hydrogens (tertiary/aromatic N) is 3. The number of hydrogen-bond donors (Lipinski definition) is 2. The second kappa shape index (κ2) is 7.04. The normalized spacial score (nSPS) is 12.6. The van der Waals surface area contributed by atoms with Crippen LogP contribution in [0.4, 0.5) is 0 Å². The van der Waals surface area contributed by atoms with Crippen molar-refractivity contribution in [3.05, 3.63) is 39.1 Å². The lowest BCUT2D eigenvalue weighted by molar-refractivity contribution is 0.548. The summed E-state index contributed by atoms with van der Waals surface area (Å²) in [5.74, 6) is 5.67. The Morgan fingerprint density at radius 3 is 2.95 bits per heavy atom. The fraction of sp³-hybridized carbons (Fsp3) is 0.417. The highest BCUT2D eigenvalue weighted by Crippen LogP contribution is 2.24. The van der Waals surface area contributed by atoms with E-state index in [1.165, 1.54) is 11.5 Å². The van der Waals surface area contributed by atoms with E-state index < -0.39 is 0 Å². The van der Waals surface area contributed by atoms with Crippen LogP contribution in [-0.4, -0.2) is 14.6 Å². The molecular formula is C12H16BrN5S. The smallest absolute Gasteiger partial charge is 0.0804 e. The van der Waals surface area contributed by atoms with Crippen LogP contribution in [0, 0.1) is 0 Å². The van der Waals surface area contributed by atoms with Crippen molar-refractivity contribution in [2.45, 2.75) is 32.2 Å². The summed E-state index contributed by atoms with van der Waals surface area (Å²) in [4.78, 5) is 5.48. The van der Waals surface area contributed by atoms with Crippen molar-refractivity contribution in [2.75, 3.05) is 0 Å². The Balaban J connectivity index is 2.15. The first kappa shape index (κ1) is 14.5. The molecule has 7 heteroatoms. The molecule has 0 saturated heterocycles. The molecule has 0 aliphatic heterocycles. The predicted octanol–water partition coefficient (Wildman–Crippen LogP) is 2.40. The summed E-state index contributed by atoms with van der Waals surface area (Å²) >= 11 is 4.78. The minimum atomic E-state index is 0.00947. The van der Waals surface area contributed by atoms with Crippen LogP contribution in [0.1, 0.15) is 35.7 Å². The van der Waals surface area contributed by atoms with Gasteiger partial charge in [-0.25, -0.2) is 0 Å². The van der Waals surface area contributed by atoms with Gasteiger partial charge in [0.2, 0.25) is 0 Å². The number of nitrogens with two attached hydrogens (primary N) is 1. The van der Waals surface area contributed by atoms with E-state index in [0.29, 0.717) is 0 Å². The molecule has 0 radical (unpaired) electrons. The first-order chi connectivity index (χ1) is 9.24. The Hall–Kier alpha value is -0.890. The predicted molar refractivity (Wildman–Crippen MR) is 79.6 cm³/mol. The Morgan fingerprint density at radius 1 is 1.47 bits per heavy atom. The molecule has 19 heavy (non-hydrogen) atoms. The van der Waals surface area contributed by atoms with Gasteiger partial charge >= 0.3 is 0 Å². The number of aryl methyl sites for hydroxylation is 1. The molecule has 102 valence electrons. The van der Waals surface area contributed by atoms with Gasteiger partial charge in [-0.05, 0) is 46.0 Å². The zero-order valence-corrected chi connectivity index (χ0v) is 13.0. The number of aromatic nitrogens is 3. The van der Waals surface area contributed by atoms with Gasteiger partial charge in [-0.1, -0.05) is 17.8 Å². The molecule has 1 unspecified atom stereocenters. The van der Waals surface area contributed by atoms with Crippen LogP contribution in [0.25, 0.3) is 0 Å². The van der Waals surface area contributed by atoms with E-state index in [-0.39, 0.29) is 6.04 Å². The number of halogens is 1. The van der Waals surface area contributed by atoms with Crippen LogP contribution >= 0.6 is 27.5 Å². The molecule has 0 aliphatic carbocycles. The third kappa shape index (κ3) is 3.79. The molecule has 2 aromatic rings. The van der Waals surface area contributed by atoms with Crippen molar-refractivity contribution in [3.63, 3.8) is 0 Å². The quantitative estimate of drug-likeness (QED) is 0.623. The van der Waals surface area contributed by atoms with Crippen molar-refractivity contribution in [1.29, 1.82) is 0 Å². The summed E-state index contributed by atoms with van der Waals surface area (Å²) in [6.07, 6.45) is 4.50. The third-order valence-corrected chi connectivity index (χ3v) is 4.14. The zero-order valence-electron chi connectivity index (χ0n) is 10.6. The van der Waals surface area contributed by atoms with Gasteiger partial charge in [0, 0.05) is 22.8 Å². The van der Waals surface area contributed by atoms with Crippen molar-refractivity contribution in [3.8, 4) is 0 Å². The number of hydrazine groups is 1. The van der Waals surface area contributed by atoms with Gasteiger partial charge in [-0.3, -0.25) is 16.3 Å². The van der Waals surface area contributed by atoms with E-state index in [1.807, 2.05) is 12.1 Å². The van der Waals surface area contributed by atoms with Crippen LogP contribution in [0.5, 0.6) is 0 Å². The SMILES string of the molecule is CCCc1nnsc1C(Cc1ccc(Br)cn1)NN. The molecule has 1 atom stereocenters. The number of rotatable bonds is 6. The first-order valence-corrected chi connectivity index (χ1v) is 7.69. The molecule has 5 nitrogen and oxygen atoms in total. The Kier molecular flexibility index (Phi) is 5.38. The van der Waals surface area contributed by atoms with Crippen molar-refractivity contribution < 1.29 is 0 Å². The van der Waals surface area contributed by atoms with Crippen LogP contribution in [-0.2, 0) is 12.8 Å². The molecule has 0 spiro atoms. The van der Waals surface area contributed by atoms with Gasteiger partial charge in [-0.15, -0.1) is 5.10 Å². The summed E-state index contributed by atoms with van der Waals surface area (Å²) in [5, 5.41) is 4.18. The molecule has 0 aliphatic rings. The van der Waals surface area contributed by atoms with E-state index >= 15 is 0 Å². The van der Waals surface area contributed by atoms with E-state index in [4.69, 9.17) is 5.84 Å². The highest BCUT2D eigenvalue weighted by atomic mass is 79.9. The number of nitrogens with one attached hydrogen (secondary N) is 1. The van der Waals surface area contributed by atoms with Crippen molar-refractivity contribution in [2.24, 2.45) is 5.84 Å². The van der Waals surface area contributed by atoms with Crippen molar-refractivity contribution in [1.82, 2.24) is 20.0 Å². The summed E-state index contributed by atoms with van der Waals surface area (Å²) in [6.45, 7) is 2.13. The lowest BCUT2D eigenvalue weighted by atomic mass is 10.1. The van der Waals surface area contributed by atoms with Gasteiger partial charge in [0.15, 0.2) is 0 Å². The fourth-order valence-electron chi connectivity index (χ4n) is 1.85. The highest BCUT2D eigenvalue weighted by Gasteiger charge is 2.18. The van der Waals surface area contributed by atoms with Gasteiger partial charge < -0.3 is 0 Å². The summed E-state index contributed by atoms with van der Waals surface area (Å²) in [7, 11) is 0. The number of hydrogen-bond acceptors (Lipinski definition) is 6. The monoisotopic (exact) mass is 341 g/mol. The average molecular weight is 342 g/mol. The van der Waals surface area contributed by atoms with Crippen molar-refractivity contribution >= 4 is 27.5 Å². The standard InChI is InChI=1S/C12H16BrN5S/c1-2-3-10-12(19-18-17-10)11(16-14)6-9-5-4-8(13)7-15-9/h4-5,7,11,16H,2-3,6,14H2,1H3. The van der Waals surface area contributed by atoms with Gasteiger partial charge in [0.1, 0.15) is 0 Å². The molecule has 0 bridgehead atoms. The molecule has 3 N–H and O–H groups in total. The van der Waals surface area contributed by atoms with Crippen LogP contribution in [0.2, 0.25) is 0 Å². The molecule has 0 saturated carbocycles. The maximum atomic E-state index is 5.67. The lowest BCUT2D eigenvalue weighted by Gasteiger charge is -2.14. The van der Waals surface area contributed by atoms with Crippen LogP contribution in [0.15, 0.2) is 22.8 Å². The molecule has 2 heterocycles. The molecular weight excluding hydrogens is 326 g/mol. The van der Waals surface area contributed by atoms with Gasteiger partial charge in [0.25, 0.3) is 0 Å². The Morgan fingerprint density at radius 2 is 2.32 bits per heavy atom. The van der Waals surface area contributed by atoms with Gasteiger partial charge in [0.05, 0.1) is 16.6 Å². The molecule has 0 fully saturated rings. The van der Waals surface area contributed by atoms with E-state index in [1.54, 1.807) is 6.20 Å². The largest absolute Gasteiger partial charge is 0.271 e. The maximum Gasteiger partial charge on any atom is 0.0804 e. The second-order valence-corrected chi connectivity index (χ2v) is 5.93. The van der Waals surface area contributed by atoms with Gasteiger partial charge in [-0.2, -0.15) is 0 Å². The Bertz CT molecular complexity index is 513. The van der Waals surface area contributed by atoms with Crippen LogP contribution in [0.3, 0.4) is 0 Å². The topological polar surface area (TPSA) is 76.7 Å². The first-order valence-electron chi connectivity index (χ1n) is 6.12. The van der Waals surface area contributed by atoms with E-state index in [2.05, 4.69) is 42.9 Å². The van der Waals surface area contributed by atoms with E-state index in [9.17, 15) is 0 Å².